The normalized spacial score (nSPS) is 10.9. The largest absolute Gasteiger partial charge is 0.497 e. The Balaban J connectivity index is 1.57. The SMILES string of the molecule is COc1ccc(S(=O)(=O)Cc2ccc(NC(=O)NCc3ccncc3)cc2)cc1. The summed E-state index contributed by atoms with van der Waals surface area (Å²) >= 11 is 0. The molecular formula is C21H21N3O4S. The van der Waals surface area contributed by atoms with E-state index < -0.39 is 9.84 Å². The van der Waals surface area contributed by atoms with Gasteiger partial charge in [-0.3, -0.25) is 4.98 Å². The molecular weight excluding hydrogens is 390 g/mol. The molecule has 0 aliphatic heterocycles. The van der Waals surface area contributed by atoms with Crippen molar-refractivity contribution >= 4 is 21.6 Å². The molecule has 3 rings (SSSR count). The van der Waals surface area contributed by atoms with Crippen LogP contribution in [0.3, 0.4) is 0 Å². The third-order valence-corrected chi connectivity index (χ3v) is 5.89. The second-order valence-corrected chi connectivity index (χ2v) is 8.28. The van der Waals surface area contributed by atoms with E-state index in [0.717, 1.165) is 5.56 Å². The lowest BCUT2D eigenvalue weighted by atomic mass is 10.2. The van der Waals surface area contributed by atoms with Crippen molar-refractivity contribution in [1.82, 2.24) is 10.3 Å². The van der Waals surface area contributed by atoms with E-state index in [-0.39, 0.29) is 16.7 Å². The highest BCUT2D eigenvalue weighted by Crippen LogP contribution is 2.20. The first-order valence-corrected chi connectivity index (χ1v) is 10.5. The van der Waals surface area contributed by atoms with Crippen LogP contribution < -0.4 is 15.4 Å². The standard InChI is InChI=1S/C21H21N3O4S/c1-28-19-6-8-20(9-7-19)29(26,27)15-17-2-4-18(5-3-17)24-21(25)23-14-16-10-12-22-13-11-16/h2-13H,14-15H2,1H3,(H2,23,24,25). The van der Waals surface area contributed by atoms with Crippen LogP contribution in [-0.2, 0) is 22.1 Å². The Morgan fingerprint density at radius 2 is 1.59 bits per heavy atom. The maximum absolute atomic E-state index is 12.6. The van der Waals surface area contributed by atoms with Crippen LogP contribution in [0.25, 0.3) is 0 Å². The molecule has 0 aliphatic rings. The number of rotatable bonds is 7. The van der Waals surface area contributed by atoms with Crippen molar-refractivity contribution in [2.24, 2.45) is 0 Å². The molecule has 8 heteroatoms. The number of ether oxygens (including phenoxy) is 1. The number of carbonyl (C=O) groups is 1. The number of amides is 2. The number of hydrogen-bond donors (Lipinski definition) is 2. The van der Waals surface area contributed by atoms with Crippen molar-refractivity contribution in [2.75, 3.05) is 12.4 Å². The number of sulfone groups is 1. The maximum atomic E-state index is 12.6. The van der Waals surface area contributed by atoms with E-state index >= 15 is 0 Å². The van der Waals surface area contributed by atoms with Crippen LogP contribution in [0.1, 0.15) is 11.1 Å². The van der Waals surface area contributed by atoms with Gasteiger partial charge in [-0.2, -0.15) is 0 Å². The molecule has 2 aromatic carbocycles. The van der Waals surface area contributed by atoms with Crippen molar-refractivity contribution in [3.05, 3.63) is 84.2 Å². The Labute approximate surface area is 169 Å². The Kier molecular flexibility index (Phi) is 6.46. The highest BCUT2D eigenvalue weighted by Gasteiger charge is 2.15. The average molecular weight is 411 g/mol. The highest BCUT2D eigenvalue weighted by atomic mass is 32.2. The van der Waals surface area contributed by atoms with Gasteiger partial charge < -0.3 is 15.4 Å². The number of anilines is 1. The Morgan fingerprint density at radius 3 is 2.21 bits per heavy atom. The van der Waals surface area contributed by atoms with Gasteiger partial charge in [-0.25, -0.2) is 13.2 Å². The van der Waals surface area contributed by atoms with Gasteiger partial charge in [-0.1, -0.05) is 12.1 Å². The molecule has 0 saturated heterocycles. The molecule has 0 unspecified atom stereocenters. The summed E-state index contributed by atoms with van der Waals surface area (Å²) in [5.41, 5.74) is 2.14. The van der Waals surface area contributed by atoms with Gasteiger partial charge in [0.25, 0.3) is 0 Å². The van der Waals surface area contributed by atoms with Gasteiger partial charge in [0.2, 0.25) is 0 Å². The monoisotopic (exact) mass is 411 g/mol. The number of hydrogen-bond acceptors (Lipinski definition) is 5. The summed E-state index contributed by atoms with van der Waals surface area (Å²) in [7, 11) is -1.95. The van der Waals surface area contributed by atoms with Gasteiger partial charge >= 0.3 is 6.03 Å². The van der Waals surface area contributed by atoms with Gasteiger partial charge in [0.15, 0.2) is 9.84 Å². The van der Waals surface area contributed by atoms with Crippen LogP contribution in [-0.4, -0.2) is 26.5 Å². The minimum absolute atomic E-state index is 0.131. The van der Waals surface area contributed by atoms with Crippen LogP contribution in [0.4, 0.5) is 10.5 Å². The summed E-state index contributed by atoms with van der Waals surface area (Å²) < 4.78 is 30.2. The Hall–Kier alpha value is -3.39. The van der Waals surface area contributed by atoms with Crippen LogP contribution in [0, 0.1) is 0 Å². The first kappa shape index (κ1) is 20.3. The molecule has 1 heterocycles. The molecule has 0 saturated carbocycles. The maximum Gasteiger partial charge on any atom is 0.319 e. The molecule has 0 radical (unpaired) electrons. The van der Waals surface area contributed by atoms with Gasteiger partial charge in [0.05, 0.1) is 17.8 Å². The fourth-order valence-corrected chi connectivity index (χ4v) is 3.98. The number of benzene rings is 2. The molecule has 2 amide bonds. The molecule has 0 bridgehead atoms. The van der Waals surface area contributed by atoms with E-state index in [0.29, 0.717) is 23.5 Å². The lowest BCUT2D eigenvalue weighted by Gasteiger charge is -2.09. The predicted molar refractivity (Wildman–Crippen MR) is 110 cm³/mol. The third-order valence-electron chi connectivity index (χ3n) is 4.19. The first-order chi connectivity index (χ1) is 14.0. The minimum atomic E-state index is -3.47. The van der Waals surface area contributed by atoms with E-state index in [9.17, 15) is 13.2 Å². The van der Waals surface area contributed by atoms with E-state index in [2.05, 4.69) is 15.6 Å². The first-order valence-electron chi connectivity index (χ1n) is 8.86. The Morgan fingerprint density at radius 1 is 0.931 bits per heavy atom. The van der Waals surface area contributed by atoms with Gasteiger partial charge in [0, 0.05) is 24.6 Å². The third kappa shape index (κ3) is 5.79. The number of aromatic nitrogens is 1. The zero-order valence-electron chi connectivity index (χ0n) is 15.8. The molecule has 2 N–H and O–H groups in total. The summed E-state index contributed by atoms with van der Waals surface area (Å²) in [6, 6.07) is 16.3. The predicted octanol–water partition coefficient (Wildman–Crippen LogP) is 3.39. The lowest BCUT2D eigenvalue weighted by molar-refractivity contribution is 0.251. The number of urea groups is 1. The smallest absolute Gasteiger partial charge is 0.319 e. The van der Waals surface area contributed by atoms with Crippen molar-refractivity contribution in [3.63, 3.8) is 0 Å². The van der Waals surface area contributed by atoms with Gasteiger partial charge in [-0.05, 0) is 59.7 Å². The zero-order chi connectivity index (χ0) is 20.7. The highest BCUT2D eigenvalue weighted by molar-refractivity contribution is 7.90. The molecule has 0 atom stereocenters. The fraction of sp³-hybridized carbons (Fsp3) is 0.143. The summed E-state index contributed by atoms with van der Waals surface area (Å²) in [5, 5.41) is 5.46. The number of carbonyl (C=O) groups excluding carboxylic acids is 1. The quantitative estimate of drug-likeness (QED) is 0.621. The number of nitrogens with zero attached hydrogens (tertiary/aromatic N) is 1. The lowest BCUT2D eigenvalue weighted by Crippen LogP contribution is -2.28. The molecule has 29 heavy (non-hydrogen) atoms. The van der Waals surface area contributed by atoms with E-state index in [1.807, 2.05) is 12.1 Å². The van der Waals surface area contributed by atoms with E-state index in [4.69, 9.17) is 4.74 Å². The molecule has 0 aliphatic carbocycles. The van der Waals surface area contributed by atoms with Crippen molar-refractivity contribution in [1.29, 1.82) is 0 Å². The summed E-state index contributed by atoms with van der Waals surface area (Å²) in [4.78, 5) is 16.1. The molecule has 0 spiro atoms. The minimum Gasteiger partial charge on any atom is -0.497 e. The molecule has 7 nitrogen and oxygen atoms in total. The summed E-state index contributed by atoms with van der Waals surface area (Å²) in [6.07, 6.45) is 3.32. The average Bonchev–Trinajstić information content (AvgIpc) is 2.74. The van der Waals surface area contributed by atoms with Crippen molar-refractivity contribution in [3.8, 4) is 5.75 Å². The Bertz CT molecular complexity index is 1050. The number of methoxy groups -OCH3 is 1. The van der Waals surface area contributed by atoms with Crippen molar-refractivity contribution in [2.45, 2.75) is 17.2 Å². The summed E-state index contributed by atoms with van der Waals surface area (Å²) in [5.74, 6) is 0.468. The second kappa shape index (κ2) is 9.20. The zero-order valence-corrected chi connectivity index (χ0v) is 16.6. The van der Waals surface area contributed by atoms with E-state index in [1.54, 1.807) is 48.8 Å². The summed E-state index contributed by atoms with van der Waals surface area (Å²) in [6.45, 7) is 0.381. The molecule has 1 aromatic heterocycles. The topological polar surface area (TPSA) is 97.4 Å². The van der Waals surface area contributed by atoms with Crippen LogP contribution in [0.2, 0.25) is 0 Å². The van der Waals surface area contributed by atoms with Crippen LogP contribution in [0.5, 0.6) is 5.75 Å². The molecule has 0 fully saturated rings. The van der Waals surface area contributed by atoms with Crippen molar-refractivity contribution < 1.29 is 17.9 Å². The molecule has 150 valence electrons. The molecule has 3 aromatic rings. The van der Waals surface area contributed by atoms with Crippen LogP contribution >= 0.6 is 0 Å². The fourth-order valence-electron chi connectivity index (χ4n) is 2.63. The second-order valence-electron chi connectivity index (χ2n) is 6.29. The number of nitrogens with one attached hydrogen (secondary N) is 2. The number of pyridine rings is 1. The van der Waals surface area contributed by atoms with Gasteiger partial charge in [0.1, 0.15) is 5.75 Å². The van der Waals surface area contributed by atoms with E-state index in [1.165, 1.54) is 19.2 Å². The van der Waals surface area contributed by atoms with Gasteiger partial charge in [-0.15, -0.1) is 0 Å². The van der Waals surface area contributed by atoms with Crippen LogP contribution in [0.15, 0.2) is 78.0 Å².